The Hall–Kier alpha value is -0.420. The van der Waals surface area contributed by atoms with Crippen molar-refractivity contribution in [2.75, 3.05) is 45.0 Å². The summed E-state index contributed by atoms with van der Waals surface area (Å²) in [5, 5.41) is 6.93. The molecule has 0 saturated carbocycles. The van der Waals surface area contributed by atoms with Crippen LogP contribution >= 0.6 is 11.8 Å². The summed E-state index contributed by atoms with van der Waals surface area (Å²) in [4.78, 5) is 7.42. The highest BCUT2D eigenvalue weighted by atomic mass is 32.2. The van der Waals surface area contributed by atoms with Crippen molar-refractivity contribution in [3.05, 3.63) is 0 Å². The predicted molar refractivity (Wildman–Crippen MR) is 98.9 cm³/mol. The van der Waals surface area contributed by atoms with Gasteiger partial charge in [-0.15, -0.1) is 0 Å². The molecule has 22 heavy (non-hydrogen) atoms. The molecule has 2 heterocycles. The lowest BCUT2D eigenvalue weighted by Gasteiger charge is -2.23. The molecule has 2 N–H and O–H groups in total. The van der Waals surface area contributed by atoms with Gasteiger partial charge in [-0.1, -0.05) is 6.92 Å². The van der Waals surface area contributed by atoms with Crippen molar-refractivity contribution < 1.29 is 0 Å². The highest BCUT2D eigenvalue weighted by molar-refractivity contribution is 8.00. The minimum absolute atomic E-state index is 0.351. The lowest BCUT2D eigenvalue weighted by molar-refractivity contribution is 0.287. The zero-order valence-electron chi connectivity index (χ0n) is 14.7. The summed E-state index contributed by atoms with van der Waals surface area (Å²) >= 11 is 2.08. The van der Waals surface area contributed by atoms with Crippen molar-refractivity contribution in [1.29, 1.82) is 0 Å². The molecule has 0 aromatic rings. The van der Waals surface area contributed by atoms with Crippen LogP contribution in [0.5, 0.6) is 0 Å². The molecule has 0 bridgehead atoms. The van der Waals surface area contributed by atoms with Crippen LogP contribution in [0.4, 0.5) is 0 Å². The number of hydrogen-bond acceptors (Lipinski definition) is 3. The van der Waals surface area contributed by atoms with Crippen molar-refractivity contribution in [3.8, 4) is 0 Å². The van der Waals surface area contributed by atoms with E-state index in [0.717, 1.165) is 25.6 Å². The van der Waals surface area contributed by atoms with Gasteiger partial charge in [-0.05, 0) is 64.3 Å². The van der Waals surface area contributed by atoms with Gasteiger partial charge in [0.2, 0.25) is 0 Å². The van der Waals surface area contributed by atoms with E-state index in [1.54, 1.807) is 0 Å². The lowest BCUT2D eigenvalue weighted by atomic mass is 10.1. The van der Waals surface area contributed by atoms with Crippen molar-refractivity contribution in [2.24, 2.45) is 10.9 Å². The molecule has 0 aromatic heterocycles. The van der Waals surface area contributed by atoms with Gasteiger partial charge in [0.15, 0.2) is 5.96 Å². The Labute approximate surface area is 140 Å². The zero-order chi connectivity index (χ0) is 15.8. The van der Waals surface area contributed by atoms with Crippen molar-refractivity contribution >= 4 is 17.7 Å². The average Bonchev–Trinajstić information content (AvgIpc) is 3.14. The summed E-state index contributed by atoms with van der Waals surface area (Å²) in [5.74, 6) is 2.95. The average molecular weight is 327 g/mol. The van der Waals surface area contributed by atoms with Gasteiger partial charge in [0.25, 0.3) is 0 Å². The van der Waals surface area contributed by atoms with E-state index in [4.69, 9.17) is 4.99 Å². The first-order valence-electron chi connectivity index (χ1n) is 9.00. The maximum atomic E-state index is 4.83. The molecule has 2 atom stereocenters. The summed E-state index contributed by atoms with van der Waals surface area (Å²) in [6.45, 7) is 13.5. The highest BCUT2D eigenvalue weighted by Crippen LogP contribution is 2.37. The second-order valence-electron chi connectivity index (χ2n) is 7.09. The monoisotopic (exact) mass is 326 g/mol. The van der Waals surface area contributed by atoms with Crippen molar-refractivity contribution in [3.63, 3.8) is 0 Å². The Morgan fingerprint density at radius 3 is 2.68 bits per heavy atom. The molecule has 0 spiro atoms. The van der Waals surface area contributed by atoms with Gasteiger partial charge in [0, 0.05) is 24.4 Å². The molecule has 2 unspecified atom stereocenters. The first-order chi connectivity index (χ1) is 10.6. The van der Waals surface area contributed by atoms with Crippen LogP contribution in [0.2, 0.25) is 0 Å². The Kier molecular flexibility index (Phi) is 7.35. The van der Waals surface area contributed by atoms with Gasteiger partial charge in [-0.25, -0.2) is 0 Å². The molecule has 2 fully saturated rings. The van der Waals surface area contributed by atoms with E-state index in [2.05, 4.69) is 48.1 Å². The number of thioether (sulfide) groups is 1. The molecule has 2 aliphatic heterocycles. The molecule has 2 saturated heterocycles. The zero-order valence-corrected chi connectivity index (χ0v) is 15.5. The number of nitrogens with zero attached hydrogens (tertiary/aromatic N) is 2. The normalized spacial score (nSPS) is 28.0. The third-order valence-electron chi connectivity index (χ3n) is 4.60. The Balaban J connectivity index is 1.74. The molecule has 0 amide bonds. The molecule has 4 nitrogen and oxygen atoms in total. The second kappa shape index (κ2) is 9.02. The number of likely N-dealkylation sites (tertiary alicyclic amines) is 1. The smallest absolute Gasteiger partial charge is 0.191 e. The lowest BCUT2D eigenvalue weighted by Crippen LogP contribution is -2.42. The Morgan fingerprint density at radius 2 is 2.05 bits per heavy atom. The van der Waals surface area contributed by atoms with E-state index in [-0.39, 0.29) is 0 Å². The minimum atomic E-state index is 0.351. The fourth-order valence-electron chi connectivity index (χ4n) is 3.29. The van der Waals surface area contributed by atoms with Crippen LogP contribution in [0, 0.1) is 5.92 Å². The van der Waals surface area contributed by atoms with Gasteiger partial charge in [0.05, 0.1) is 6.54 Å². The number of rotatable bonds is 7. The Bertz CT molecular complexity index is 347. The number of guanidine groups is 1. The van der Waals surface area contributed by atoms with E-state index in [1.807, 2.05) is 0 Å². The van der Waals surface area contributed by atoms with Crippen LogP contribution in [0.15, 0.2) is 4.99 Å². The van der Waals surface area contributed by atoms with Crippen molar-refractivity contribution in [1.82, 2.24) is 15.5 Å². The highest BCUT2D eigenvalue weighted by Gasteiger charge is 2.29. The van der Waals surface area contributed by atoms with Crippen LogP contribution < -0.4 is 10.6 Å². The molecule has 0 radical (unpaired) electrons. The molecule has 0 aliphatic carbocycles. The summed E-state index contributed by atoms with van der Waals surface area (Å²) in [7, 11) is 0. The maximum absolute atomic E-state index is 4.83. The standard InChI is InChI=1S/C17H34N4S/c1-4-18-16(20-14-17(3)8-7-11-22-17)19-12-15(2)13-21-9-5-6-10-21/h15H,4-14H2,1-3H3,(H2,18,19,20). The number of aliphatic imine (C=N–C) groups is 1. The predicted octanol–water partition coefficient (Wildman–Crippen LogP) is 2.56. The molecular formula is C17H34N4S. The molecular weight excluding hydrogens is 292 g/mol. The fraction of sp³-hybridized carbons (Fsp3) is 0.941. The van der Waals surface area contributed by atoms with Gasteiger partial charge in [0.1, 0.15) is 0 Å². The summed E-state index contributed by atoms with van der Waals surface area (Å²) in [6.07, 6.45) is 5.39. The minimum Gasteiger partial charge on any atom is -0.357 e. The van der Waals surface area contributed by atoms with Gasteiger partial charge >= 0.3 is 0 Å². The van der Waals surface area contributed by atoms with Crippen LogP contribution in [0.1, 0.15) is 46.5 Å². The first kappa shape index (κ1) is 17.9. The van der Waals surface area contributed by atoms with Crippen LogP contribution in [-0.2, 0) is 0 Å². The summed E-state index contributed by atoms with van der Waals surface area (Å²) < 4.78 is 0.351. The van der Waals surface area contributed by atoms with Gasteiger partial charge in [-0.3, -0.25) is 4.99 Å². The van der Waals surface area contributed by atoms with Crippen molar-refractivity contribution in [2.45, 2.75) is 51.2 Å². The van der Waals surface area contributed by atoms with E-state index in [9.17, 15) is 0 Å². The van der Waals surface area contributed by atoms with Gasteiger partial charge in [-0.2, -0.15) is 11.8 Å². The molecule has 5 heteroatoms. The number of hydrogen-bond donors (Lipinski definition) is 2. The Morgan fingerprint density at radius 1 is 1.27 bits per heavy atom. The second-order valence-corrected chi connectivity index (χ2v) is 8.77. The summed E-state index contributed by atoms with van der Waals surface area (Å²) in [5.41, 5.74) is 0. The molecule has 128 valence electrons. The van der Waals surface area contributed by atoms with Crippen LogP contribution in [0.3, 0.4) is 0 Å². The largest absolute Gasteiger partial charge is 0.357 e. The SMILES string of the molecule is CCNC(=NCC1(C)CCCS1)NCC(C)CN1CCCC1. The molecule has 2 rings (SSSR count). The summed E-state index contributed by atoms with van der Waals surface area (Å²) in [6, 6.07) is 0. The van der Waals surface area contributed by atoms with E-state index < -0.39 is 0 Å². The van der Waals surface area contributed by atoms with E-state index in [1.165, 1.54) is 51.1 Å². The van der Waals surface area contributed by atoms with Crippen LogP contribution in [-0.4, -0.2) is 60.6 Å². The van der Waals surface area contributed by atoms with E-state index in [0.29, 0.717) is 10.7 Å². The first-order valence-corrected chi connectivity index (χ1v) is 9.98. The number of nitrogens with one attached hydrogen (secondary N) is 2. The topological polar surface area (TPSA) is 39.7 Å². The van der Waals surface area contributed by atoms with E-state index >= 15 is 0 Å². The quantitative estimate of drug-likeness (QED) is 0.557. The fourth-order valence-corrected chi connectivity index (χ4v) is 4.52. The van der Waals surface area contributed by atoms with Gasteiger partial charge < -0.3 is 15.5 Å². The maximum Gasteiger partial charge on any atom is 0.191 e. The molecule has 2 aliphatic rings. The molecule has 0 aromatic carbocycles. The van der Waals surface area contributed by atoms with Crippen LogP contribution in [0.25, 0.3) is 0 Å². The third kappa shape index (κ3) is 5.99. The third-order valence-corrected chi connectivity index (χ3v) is 6.13.